The van der Waals surface area contributed by atoms with Gasteiger partial charge in [-0.3, -0.25) is 4.79 Å². The Morgan fingerprint density at radius 2 is 1.96 bits per heavy atom. The maximum atomic E-state index is 13.9. The smallest absolute Gasteiger partial charge is 0.304 e. The van der Waals surface area contributed by atoms with E-state index < -0.39 is 5.82 Å². The van der Waals surface area contributed by atoms with Crippen LogP contribution in [0, 0.1) is 5.82 Å². The fourth-order valence-electron chi connectivity index (χ4n) is 2.71. The van der Waals surface area contributed by atoms with Crippen LogP contribution in [0.15, 0.2) is 48.5 Å². The number of halogens is 1. The quantitative estimate of drug-likeness (QED) is 0.680. The Kier molecular flexibility index (Phi) is 4.89. The van der Waals surface area contributed by atoms with Crippen molar-refractivity contribution in [3.05, 3.63) is 59.9 Å². The van der Waals surface area contributed by atoms with Crippen LogP contribution in [0.5, 0.6) is 6.01 Å². The zero-order valence-corrected chi connectivity index (χ0v) is 13.5. The highest BCUT2D eigenvalue weighted by Crippen LogP contribution is 2.24. The molecule has 0 fully saturated rings. The summed E-state index contributed by atoms with van der Waals surface area (Å²) in [6, 6.07) is 14.8. The van der Waals surface area contributed by atoms with Crippen molar-refractivity contribution in [2.24, 2.45) is 0 Å². The van der Waals surface area contributed by atoms with E-state index in [-0.39, 0.29) is 17.4 Å². The Labute approximate surface area is 139 Å². The van der Waals surface area contributed by atoms with Crippen LogP contribution >= 0.6 is 0 Å². The highest BCUT2D eigenvalue weighted by Gasteiger charge is 2.19. The molecule has 3 rings (SSSR count). The van der Waals surface area contributed by atoms with Gasteiger partial charge in [0.1, 0.15) is 5.52 Å². The van der Waals surface area contributed by atoms with E-state index in [2.05, 4.69) is 4.98 Å². The molecule has 0 saturated heterocycles. The van der Waals surface area contributed by atoms with E-state index in [4.69, 9.17) is 4.74 Å². The third-order valence-corrected chi connectivity index (χ3v) is 3.83. The summed E-state index contributed by atoms with van der Waals surface area (Å²) >= 11 is 0. The van der Waals surface area contributed by atoms with E-state index in [1.165, 1.54) is 16.2 Å². The van der Waals surface area contributed by atoms with Crippen molar-refractivity contribution < 1.29 is 13.9 Å². The number of nitrogens with zero attached hydrogens (tertiary/aromatic N) is 2. The maximum Gasteiger partial charge on any atom is 0.304 e. The van der Waals surface area contributed by atoms with Crippen LogP contribution in [-0.2, 0) is 6.42 Å². The molecule has 0 radical (unpaired) electrons. The first-order valence-corrected chi connectivity index (χ1v) is 8.07. The van der Waals surface area contributed by atoms with Gasteiger partial charge in [-0.1, -0.05) is 36.4 Å². The number of carbonyl (C=O) groups is 1. The van der Waals surface area contributed by atoms with E-state index in [0.29, 0.717) is 25.0 Å². The molecule has 0 aliphatic heterocycles. The average molecular weight is 326 g/mol. The van der Waals surface area contributed by atoms with Gasteiger partial charge in [-0.2, -0.15) is 4.98 Å². The monoisotopic (exact) mass is 326 g/mol. The normalized spacial score (nSPS) is 10.9. The molecule has 0 N–H and O–H groups in total. The van der Waals surface area contributed by atoms with Gasteiger partial charge in [-0.25, -0.2) is 8.96 Å². The largest absolute Gasteiger partial charge is 0.465 e. The topological polar surface area (TPSA) is 44.1 Å². The molecule has 1 heterocycles. The van der Waals surface area contributed by atoms with Crippen LogP contribution in [0.3, 0.4) is 0 Å². The number of aryl methyl sites for hydroxylation is 1. The number of hydrogen-bond donors (Lipinski definition) is 0. The summed E-state index contributed by atoms with van der Waals surface area (Å²) in [5, 5.41) is 0. The lowest BCUT2D eigenvalue weighted by Gasteiger charge is -2.08. The van der Waals surface area contributed by atoms with E-state index in [1.54, 1.807) is 19.1 Å². The number of fused-ring (bicyclic) bond motifs is 1. The van der Waals surface area contributed by atoms with Crippen molar-refractivity contribution in [3.63, 3.8) is 0 Å². The molecule has 0 amide bonds. The van der Waals surface area contributed by atoms with Crippen LogP contribution < -0.4 is 4.74 Å². The molecule has 0 aliphatic rings. The summed E-state index contributed by atoms with van der Waals surface area (Å²) < 4.78 is 20.7. The minimum Gasteiger partial charge on any atom is -0.465 e. The van der Waals surface area contributed by atoms with Crippen molar-refractivity contribution in [1.29, 1.82) is 0 Å². The number of para-hydroxylation sites is 1. The molecule has 5 heteroatoms. The van der Waals surface area contributed by atoms with Gasteiger partial charge < -0.3 is 4.74 Å². The third kappa shape index (κ3) is 3.30. The van der Waals surface area contributed by atoms with Gasteiger partial charge in [0.05, 0.1) is 12.1 Å². The van der Waals surface area contributed by atoms with Gasteiger partial charge in [0.2, 0.25) is 5.91 Å². The first-order chi connectivity index (χ1) is 11.7. The highest BCUT2D eigenvalue weighted by molar-refractivity contribution is 5.92. The summed E-state index contributed by atoms with van der Waals surface area (Å²) in [6.45, 7) is 2.17. The molecule has 3 aromatic rings. The lowest BCUT2D eigenvalue weighted by Crippen LogP contribution is -2.13. The molecule has 1 aromatic heterocycles. The number of benzene rings is 2. The Bertz CT molecular complexity index is 843. The summed E-state index contributed by atoms with van der Waals surface area (Å²) in [5.41, 5.74) is 1.80. The molecular weight excluding hydrogens is 307 g/mol. The number of imidazole rings is 1. The van der Waals surface area contributed by atoms with Gasteiger partial charge in [-0.05, 0) is 37.5 Å². The van der Waals surface area contributed by atoms with E-state index in [9.17, 15) is 9.18 Å². The zero-order chi connectivity index (χ0) is 16.9. The van der Waals surface area contributed by atoms with Crippen molar-refractivity contribution >= 4 is 16.9 Å². The van der Waals surface area contributed by atoms with Crippen LogP contribution in [0.2, 0.25) is 0 Å². The molecule has 0 bridgehead atoms. The summed E-state index contributed by atoms with van der Waals surface area (Å²) in [6.07, 6.45) is 1.87. The first-order valence-electron chi connectivity index (χ1n) is 8.07. The van der Waals surface area contributed by atoms with Crippen molar-refractivity contribution in [2.75, 3.05) is 6.61 Å². The minimum absolute atomic E-state index is 0.137. The molecule has 0 aliphatic carbocycles. The second-order valence-electron chi connectivity index (χ2n) is 5.50. The van der Waals surface area contributed by atoms with Gasteiger partial charge in [-0.15, -0.1) is 0 Å². The van der Waals surface area contributed by atoms with E-state index in [0.717, 1.165) is 6.42 Å². The Morgan fingerprint density at radius 1 is 1.17 bits per heavy atom. The van der Waals surface area contributed by atoms with Gasteiger partial charge in [0.25, 0.3) is 0 Å². The number of hydrogen-bond acceptors (Lipinski definition) is 3. The standard InChI is InChI=1S/C19H19FN2O2/c1-2-24-19-21-18-15(20)11-7-12-16(18)22(19)17(23)13-6-10-14-8-4-3-5-9-14/h3-5,7-9,11-12H,2,6,10,13H2,1H3. The van der Waals surface area contributed by atoms with Crippen molar-refractivity contribution in [1.82, 2.24) is 9.55 Å². The molecule has 24 heavy (non-hydrogen) atoms. The van der Waals surface area contributed by atoms with Crippen LogP contribution in [-0.4, -0.2) is 22.1 Å². The van der Waals surface area contributed by atoms with E-state index >= 15 is 0 Å². The zero-order valence-electron chi connectivity index (χ0n) is 13.5. The number of rotatable bonds is 6. The van der Waals surface area contributed by atoms with Gasteiger partial charge in [0.15, 0.2) is 5.82 Å². The first kappa shape index (κ1) is 16.2. The summed E-state index contributed by atoms with van der Waals surface area (Å²) in [7, 11) is 0. The van der Waals surface area contributed by atoms with Gasteiger partial charge >= 0.3 is 6.01 Å². The molecule has 124 valence electrons. The lowest BCUT2D eigenvalue weighted by molar-refractivity contribution is 0.0891. The molecular formula is C19H19FN2O2. The average Bonchev–Trinajstić information content (AvgIpc) is 2.96. The fraction of sp³-hybridized carbons (Fsp3) is 0.263. The number of ether oxygens (including phenoxy) is 1. The Morgan fingerprint density at radius 3 is 2.71 bits per heavy atom. The van der Waals surface area contributed by atoms with Gasteiger partial charge in [0, 0.05) is 6.42 Å². The molecule has 0 spiro atoms. The van der Waals surface area contributed by atoms with Crippen molar-refractivity contribution in [2.45, 2.75) is 26.2 Å². The molecule has 0 atom stereocenters. The summed E-state index contributed by atoms with van der Waals surface area (Å²) in [5.74, 6) is -0.591. The minimum atomic E-state index is -0.454. The third-order valence-electron chi connectivity index (χ3n) is 3.83. The predicted molar refractivity (Wildman–Crippen MR) is 90.9 cm³/mol. The molecule has 0 saturated carbocycles. The Hall–Kier alpha value is -2.69. The molecule has 0 unspecified atom stereocenters. The SMILES string of the molecule is CCOc1nc2c(F)cccc2n1C(=O)CCCc1ccccc1. The van der Waals surface area contributed by atoms with Crippen LogP contribution in [0.25, 0.3) is 11.0 Å². The highest BCUT2D eigenvalue weighted by atomic mass is 19.1. The predicted octanol–water partition coefficient (Wildman–Crippen LogP) is 4.24. The molecule has 2 aromatic carbocycles. The number of carbonyl (C=O) groups excluding carboxylic acids is 1. The Balaban J connectivity index is 1.80. The fourth-order valence-corrected chi connectivity index (χ4v) is 2.71. The van der Waals surface area contributed by atoms with E-state index in [1.807, 2.05) is 30.3 Å². The molecule has 4 nitrogen and oxygen atoms in total. The van der Waals surface area contributed by atoms with Crippen LogP contribution in [0.1, 0.15) is 30.1 Å². The second-order valence-corrected chi connectivity index (χ2v) is 5.50. The summed E-state index contributed by atoms with van der Waals surface area (Å²) in [4.78, 5) is 16.8. The lowest BCUT2D eigenvalue weighted by atomic mass is 10.1. The van der Waals surface area contributed by atoms with Crippen molar-refractivity contribution in [3.8, 4) is 6.01 Å². The van der Waals surface area contributed by atoms with Crippen LogP contribution in [0.4, 0.5) is 4.39 Å². The number of aromatic nitrogens is 2. The second kappa shape index (κ2) is 7.25. The maximum absolute atomic E-state index is 13.9.